The number of aliphatic hydroxyl groups is 1. The van der Waals surface area contributed by atoms with Gasteiger partial charge in [0.15, 0.2) is 0 Å². The maximum Gasteiger partial charge on any atom is 0.0591 e. The molecule has 0 aromatic rings. The second-order valence-corrected chi connectivity index (χ2v) is 5.52. The predicted octanol–water partition coefficient (Wildman–Crippen LogP) is 3.29. The summed E-state index contributed by atoms with van der Waals surface area (Å²) >= 11 is 5.54. The van der Waals surface area contributed by atoms with E-state index in [9.17, 15) is 5.11 Å². The summed E-state index contributed by atoms with van der Waals surface area (Å²) in [5, 5.41) is 9.41. The smallest absolute Gasteiger partial charge is 0.0591 e. The summed E-state index contributed by atoms with van der Waals surface area (Å²) in [6.07, 6.45) is 4.94. The molecule has 0 amide bonds. The highest BCUT2D eigenvalue weighted by Crippen LogP contribution is 2.15. The molecule has 16 heavy (non-hydrogen) atoms. The van der Waals surface area contributed by atoms with Gasteiger partial charge in [-0.2, -0.15) is 0 Å². The zero-order valence-corrected chi connectivity index (χ0v) is 12.4. The highest BCUT2D eigenvalue weighted by molar-refractivity contribution is 6.18. The van der Waals surface area contributed by atoms with Crippen molar-refractivity contribution in [2.75, 3.05) is 27.0 Å². The molecule has 0 bridgehead atoms. The van der Waals surface area contributed by atoms with E-state index in [-0.39, 0.29) is 0 Å². The van der Waals surface area contributed by atoms with Gasteiger partial charge in [0.25, 0.3) is 0 Å². The average Bonchev–Trinajstić information content (AvgIpc) is 2.00. The van der Waals surface area contributed by atoms with Crippen molar-refractivity contribution in [1.29, 1.82) is 0 Å². The van der Waals surface area contributed by atoms with Crippen LogP contribution in [-0.2, 0) is 0 Å². The van der Waals surface area contributed by atoms with Crippen LogP contribution >= 0.6 is 11.6 Å². The first kappa shape index (κ1) is 18.3. The lowest BCUT2D eigenvalue weighted by molar-refractivity contribution is 0.0689. The number of allylic oxidation sites excluding steroid dienone is 2. The number of halogens is 1. The van der Waals surface area contributed by atoms with Gasteiger partial charge in [0, 0.05) is 5.88 Å². The molecule has 0 saturated heterocycles. The van der Waals surface area contributed by atoms with E-state index in [1.165, 1.54) is 5.57 Å². The largest absolute Gasteiger partial charge is 0.390 e. The first-order chi connectivity index (χ1) is 7.19. The molecule has 0 aliphatic rings. The van der Waals surface area contributed by atoms with Gasteiger partial charge >= 0.3 is 0 Å². The molecule has 0 fully saturated rings. The molecule has 0 unspecified atom stereocenters. The number of hydrogen-bond donors (Lipinski definition) is 1. The van der Waals surface area contributed by atoms with E-state index in [1.54, 1.807) is 0 Å². The Labute approximate surface area is 106 Å². The van der Waals surface area contributed by atoms with E-state index in [0.29, 0.717) is 5.88 Å². The van der Waals surface area contributed by atoms with Crippen LogP contribution in [-0.4, -0.2) is 42.6 Å². The van der Waals surface area contributed by atoms with Crippen LogP contribution in [0.3, 0.4) is 0 Å². The van der Waals surface area contributed by atoms with E-state index in [4.69, 9.17) is 11.6 Å². The molecule has 0 saturated carbocycles. The molecule has 1 N–H and O–H groups in total. The van der Waals surface area contributed by atoms with Gasteiger partial charge in [-0.15, -0.1) is 11.6 Å². The van der Waals surface area contributed by atoms with Crippen LogP contribution in [0.4, 0.5) is 0 Å². The van der Waals surface area contributed by atoms with Crippen LogP contribution < -0.4 is 0 Å². The maximum atomic E-state index is 9.41. The fourth-order valence-electron chi connectivity index (χ4n) is 1.03. The quantitative estimate of drug-likeness (QED) is 0.597. The normalized spacial score (nSPS) is 12.4. The Morgan fingerprint density at radius 1 is 1.31 bits per heavy atom. The van der Waals surface area contributed by atoms with Crippen LogP contribution in [0.1, 0.15) is 40.0 Å². The summed E-state index contributed by atoms with van der Waals surface area (Å²) < 4.78 is 0. The number of hydrogen-bond acceptors (Lipinski definition) is 2. The first-order valence-corrected chi connectivity index (χ1v) is 6.27. The molecular formula is C13H28ClNO. The fourth-order valence-corrected chi connectivity index (χ4v) is 1.30. The number of alkyl halides is 1. The molecule has 0 aliphatic heterocycles. The molecule has 2 nitrogen and oxygen atoms in total. The monoisotopic (exact) mass is 249 g/mol. The van der Waals surface area contributed by atoms with Gasteiger partial charge in [-0.05, 0) is 61.2 Å². The second kappa shape index (κ2) is 10.1. The third-order valence-electron chi connectivity index (χ3n) is 1.79. The Balaban J connectivity index is 0. The van der Waals surface area contributed by atoms with E-state index in [2.05, 4.69) is 6.92 Å². The van der Waals surface area contributed by atoms with Crippen LogP contribution in [0.25, 0.3) is 0 Å². The molecule has 0 rings (SSSR count). The van der Waals surface area contributed by atoms with Crippen LogP contribution in [0.2, 0.25) is 0 Å². The zero-order valence-electron chi connectivity index (χ0n) is 11.7. The van der Waals surface area contributed by atoms with Gasteiger partial charge in [0.05, 0.1) is 5.60 Å². The van der Waals surface area contributed by atoms with Crippen LogP contribution in [0.5, 0.6) is 0 Å². The van der Waals surface area contributed by atoms with E-state index in [0.717, 1.165) is 19.3 Å². The van der Waals surface area contributed by atoms with Gasteiger partial charge in [-0.25, -0.2) is 0 Å². The summed E-state index contributed by atoms with van der Waals surface area (Å²) in [6.45, 7) is 5.76. The molecule has 0 spiro atoms. The Morgan fingerprint density at radius 2 is 1.75 bits per heavy atom. The van der Waals surface area contributed by atoms with Crippen LogP contribution in [0, 0.1) is 0 Å². The van der Waals surface area contributed by atoms with Gasteiger partial charge < -0.3 is 10.0 Å². The van der Waals surface area contributed by atoms with Crippen molar-refractivity contribution in [3.8, 4) is 0 Å². The minimum absolute atomic E-state index is 0.527. The Morgan fingerprint density at radius 3 is 2.06 bits per heavy atom. The minimum atomic E-state index is -0.527. The lowest BCUT2D eigenvalue weighted by Gasteiger charge is -2.16. The van der Waals surface area contributed by atoms with E-state index >= 15 is 0 Å². The molecular weight excluding hydrogens is 222 g/mol. The van der Waals surface area contributed by atoms with E-state index < -0.39 is 5.60 Å². The van der Waals surface area contributed by atoms with Crippen molar-refractivity contribution in [2.45, 2.75) is 45.6 Å². The first-order valence-electron chi connectivity index (χ1n) is 5.74. The van der Waals surface area contributed by atoms with Gasteiger partial charge in [-0.1, -0.05) is 11.6 Å². The summed E-state index contributed by atoms with van der Waals surface area (Å²) in [6, 6.07) is 0. The van der Waals surface area contributed by atoms with Crippen molar-refractivity contribution < 1.29 is 5.11 Å². The van der Waals surface area contributed by atoms with Crippen molar-refractivity contribution in [3.05, 3.63) is 11.6 Å². The van der Waals surface area contributed by atoms with Gasteiger partial charge in [0.1, 0.15) is 0 Å². The zero-order chi connectivity index (χ0) is 13.2. The predicted molar refractivity (Wildman–Crippen MR) is 74.2 cm³/mol. The SMILES string of the molecule is C/C(=C\CCl)CCCC(C)(C)O.CN(C)C. The molecule has 0 aromatic carbocycles. The summed E-state index contributed by atoms with van der Waals surface area (Å²) in [4.78, 5) is 2.00. The van der Waals surface area contributed by atoms with Gasteiger partial charge in [-0.3, -0.25) is 0 Å². The molecule has 98 valence electrons. The molecule has 0 heterocycles. The lowest BCUT2D eigenvalue weighted by Crippen LogP contribution is -2.17. The molecule has 0 aliphatic carbocycles. The molecule has 0 radical (unpaired) electrons. The summed E-state index contributed by atoms with van der Waals surface area (Å²) in [5.41, 5.74) is 0.788. The third kappa shape index (κ3) is 23.6. The Bertz CT molecular complexity index is 180. The van der Waals surface area contributed by atoms with Crippen LogP contribution in [0.15, 0.2) is 11.6 Å². The number of rotatable bonds is 5. The standard InChI is InChI=1S/C10H19ClO.C3H9N/c1-9(6-8-11)5-4-7-10(2,3)12;1-4(2)3/h6,12H,4-5,7-8H2,1-3H3;1-3H3/b9-6+;. The van der Waals surface area contributed by atoms with Crippen molar-refractivity contribution >= 4 is 11.6 Å². The van der Waals surface area contributed by atoms with Crippen molar-refractivity contribution in [3.63, 3.8) is 0 Å². The maximum absolute atomic E-state index is 9.41. The average molecular weight is 250 g/mol. The summed E-state index contributed by atoms with van der Waals surface area (Å²) in [7, 11) is 6.00. The fraction of sp³-hybridized carbons (Fsp3) is 0.846. The highest BCUT2D eigenvalue weighted by atomic mass is 35.5. The van der Waals surface area contributed by atoms with Gasteiger partial charge in [0.2, 0.25) is 0 Å². The Hall–Kier alpha value is -0.0500. The summed E-state index contributed by atoms with van der Waals surface area (Å²) in [5.74, 6) is 0.592. The second-order valence-electron chi connectivity index (χ2n) is 5.21. The Kier molecular flexibility index (Phi) is 11.6. The topological polar surface area (TPSA) is 23.5 Å². The molecule has 3 heteroatoms. The highest BCUT2D eigenvalue weighted by Gasteiger charge is 2.10. The van der Waals surface area contributed by atoms with Crippen molar-refractivity contribution in [1.82, 2.24) is 4.90 Å². The lowest BCUT2D eigenvalue weighted by atomic mass is 9.99. The molecule has 0 aromatic heterocycles. The minimum Gasteiger partial charge on any atom is -0.390 e. The third-order valence-corrected chi connectivity index (χ3v) is 1.94. The van der Waals surface area contributed by atoms with Crippen molar-refractivity contribution in [2.24, 2.45) is 0 Å². The number of nitrogens with zero attached hydrogens (tertiary/aromatic N) is 1. The van der Waals surface area contributed by atoms with E-state index in [1.807, 2.05) is 46.0 Å². The molecule has 0 atom stereocenters.